The fraction of sp³-hybridized carbons (Fsp3) is 0.278. The molecule has 0 aliphatic carbocycles. The molecular formula is C18H20O5. The van der Waals surface area contributed by atoms with Crippen LogP contribution < -0.4 is 18.9 Å². The third-order valence-electron chi connectivity index (χ3n) is 3.22. The number of benzene rings is 2. The molecule has 0 aromatic heterocycles. The fourth-order valence-electron chi connectivity index (χ4n) is 2.04. The summed E-state index contributed by atoms with van der Waals surface area (Å²) in [6.07, 6.45) is 1.44. The summed E-state index contributed by atoms with van der Waals surface area (Å²) in [6.45, 7) is 0.940. The van der Waals surface area contributed by atoms with Crippen molar-refractivity contribution in [2.75, 3.05) is 27.4 Å². The first kappa shape index (κ1) is 16.7. The van der Waals surface area contributed by atoms with Crippen molar-refractivity contribution >= 4 is 6.29 Å². The van der Waals surface area contributed by atoms with Crippen LogP contribution in [0.1, 0.15) is 16.8 Å². The fourth-order valence-corrected chi connectivity index (χ4v) is 2.04. The van der Waals surface area contributed by atoms with Gasteiger partial charge in [-0.2, -0.15) is 0 Å². The van der Waals surface area contributed by atoms with Gasteiger partial charge in [-0.3, -0.25) is 4.79 Å². The molecule has 2 aromatic carbocycles. The third kappa shape index (κ3) is 4.64. The molecule has 0 aliphatic rings. The highest BCUT2D eigenvalue weighted by Crippen LogP contribution is 2.30. The van der Waals surface area contributed by atoms with Crippen LogP contribution in [0.2, 0.25) is 0 Å². The number of rotatable bonds is 9. The zero-order valence-corrected chi connectivity index (χ0v) is 13.3. The van der Waals surface area contributed by atoms with Crippen molar-refractivity contribution in [3.8, 4) is 23.0 Å². The van der Waals surface area contributed by atoms with Crippen molar-refractivity contribution in [1.29, 1.82) is 0 Å². The van der Waals surface area contributed by atoms with Crippen LogP contribution in [0.3, 0.4) is 0 Å². The summed E-state index contributed by atoms with van der Waals surface area (Å²) in [5, 5.41) is 0. The first-order valence-corrected chi connectivity index (χ1v) is 7.30. The van der Waals surface area contributed by atoms with Crippen LogP contribution in [-0.4, -0.2) is 33.7 Å². The number of ether oxygens (including phenoxy) is 4. The lowest BCUT2D eigenvalue weighted by Gasteiger charge is -2.12. The molecule has 0 unspecified atom stereocenters. The van der Waals surface area contributed by atoms with E-state index in [0.29, 0.717) is 36.7 Å². The number of hydrogen-bond acceptors (Lipinski definition) is 5. The van der Waals surface area contributed by atoms with Gasteiger partial charge in [0.25, 0.3) is 0 Å². The van der Waals surface area contributed by atoms with Gasteiger partial charge in [0.05, 0.1) is 33.0 Å². The molecule has 0 fully saturated rings. The number of methoxy groups -OCH3 is 2. The minimum Gasteiger partial charge on any atom is -0.497 e. The van der Waals surface area contributed by atoms with Crippen molar-refractivity contribution in [2.45, 2.75) is 6.42 Å². The van der Waals surface area contributed by atoms with Crippen molar-refractivity contribution in [3.63, 3.8) is 0 Å². The largest absolute Gasteiger partial charge is 0.497 e. The zero-order valence-electron chi connectivity index (χ0n) is 13.3. The Morgan fingerprint density at radius 2 is 1.57 bits per heavy atom. The number of hydrogen-bond donors (Lipinski definition) is 0. The van der Waals surface area contributed by atoms with Gasteiger partial charge in [-0.05, 0) is 36.4 Å². The van der Waals surface area contributed by atoms with Gasteiger partial charge in [0, 0.05) is 6.42 Å². The standard InChI is InChI=1S/C18H20O5/c1-20-15-7-9-16(10-8-15)22-11-4-12-23-18-14(13-19)5-3-6-17(18)21-2/h3,5-10,13H,4,11-12H2,1-2H3. The smallest absolute Gasteiger partial charge is 0.171 e. The lowest BCUT2D eigenvalue weighted by molar-refractivity contribution is 0.111. The summed E-state index contributed by atoms with van der Waals surface area (Å²) in [4.78, 5) is 11.1. The molecule has 0 N–H and O–H groups in total. The number of para-hydroxylation sites is 1. The summed E-state index contributed by atoms with van der Waals surface area (Å²) >= 11 is 0. The molecule has 23 heavy (non-hydrogen) atoms. The molecule has 0 atom stereocenters. The summed E-state index contributed by atoms with van der Waals surface area (Å²) in [7, 11) is 3.17. The molecule has 0 spiro atoms. The predicted molar refractivity (Wildman–Crippen MR) is 87.0 cm³/mol. The van der Waals surface area contributed by atoms with Crippen molar-refractivity contribution < 1.29 is 23.7 Å². The Morgan fingerprint density at radius 1 is 0.870 bits per heavy atom. The number of aldehydes is 1. The Bertz CT molecular complexity index is 622. The van der Waals surface area contributed by atoms with E-state index in [1.54, 1.807) is 32.4 Å². The second kappa shape index (κ2) is 8.68. The molecule has 0 amide bonds. The molecule has 0 saturated carbocycles. The van der Waals surface area contributed by atoms with Crippen LogP contribution in [0.4, 0.5) is 0 Å². The van der Waals surface area contributed by atoms with Crippen LogP contribution in [-0.2, 0) is 0 Å². The monoisotopic (exact) mass is 316 g/mol. The zero-order chi connectivity index (χ0) is 16.5. The quantitative estimate of drug-likeness (QED) is 0.524. The van der Waals surface area contributed by atoms with Gasteiger partial charge in [-0.1, -0.05) is 6.07 Å². The van der Waals surface area contributed by atoms with Crippen LogP contribution in [0.15, 0.2) is 42.5 Å². The SMILES string of the molecule is COc1ccc(OCCCOc2c(C=O)cccc2OC)cc1. The Balaban J connectivity index is 1.80. The second-order valence-electron chi connectivity index (χ2n) is 4.72. The number of carbonyl (C=O) groups is 1. The average molecular weight is 316 g/mol. The summed E-state index contributed by atoms with van der Waals surface area (Å²) in [5.74, 6) is 2.58. The minimum absolute atomic E-state index is 0.428. The van der Waals surface area contributed by atoms with E-state index in [-0.39, 0.29) is 0 Å². The van der Waals surface area contributed by atoms with E-state index in [1.807, 2.05) is 24.3 Å². The van der Waals surface area contributed by atoms with Crippen LogP contribution >= 0.6 is 0 Å². The van der Waals surface area contributed by atoms with Crippen LogP contribution in [0.25, 0.3) is 0 Å². The Kier molecular flexibility index (Phi) is 6.29. The van der Waals surface area contributed by atoms with Gasteiger partial charge in [-0.25, -0.2) is 0 Å². The highest BCUT2D eigenvalue weighted by Gasteiger charge is 2.09. The van der Waals surface area contributed by atoms with E-state index in [9.17, 15) is 4.79 Å². The minimum atomic E-state index is 0.428. The summed E-state index contributed by atoms with van der Waals surface area (Å²) in [5.41, 5.74) is 0.473. The lowest BCUT2D eigenvalue weighted by atomic mass is 10.2. The molecule has 2 rings (SSSR count). The Hall–Kier alpha value is -2.69. The molecule has 2 aromatic rings. The first-order chi connectivity index (χ1) is 11.3. The summed E-state index contributed by atoms with van der Waals surface area (Å²) in [6, 6.07) is 12.6. The van der Waals surface area contributed by atoms with Gasteiger partial charge in [0.1, 0.15) is 11.5 Å². The molecular weight excluding hydrogens is 296 g/mol. The van der Waals surface area contributed by atoms with Gasteiger partial charge in [0.15, 0.2) is 17.8 Å². The molecule has 0 radical (unpaired) electrons. The topological polar surface area (TPSA) is 54.0 Å². The van der Waals surface area contributed by atoms with E-state index >= 15 is 0 Å². The average Bonchev–Trinajstić information content (AvgIpc) is 2.61. The van der Waals surface area contributed by atoms with Gasteiger partial charge in [0.2, 0.25) is 0 Å². The van der Waals surface area contributed by atoms with Crippen molar-refractivity contribution in [2.24, 2.45) is 0 Å². The molecule has 0 heterocycles. The molecule has 122 valence electrons. The van der Waals surface area contributed by atoms with E-state index in [1.165, 1.54) is 0 Å². The Labute approximate surface area is 135 Å². The van der Waals surface area contributed by atoms with E-state index in [2.05, 4.69) is 0 Å². The second-order valence-corrected chi connectivity index (χ2v) is 4.72. The van der Waals surface area contributed by atoms with Crippen LogP contribution in [0.5, 0.6) is 23.0 Å². The third-order valence-corrected chi connectivity index (χ3v) is 3.22. The van der Waals surface area contributed by atoms with Gasteiger partial charge >= 0.3 is 0 Å². The molecule has 5 heteroatoms. The van der Waals surface area contributed by atoms with Crippen molar-refractivity contribution in [1.82, 2.24) is 0 Å². The van der Waals surface area contributed by atoms with Gasteiger partial charge < -0.3 is 18.9 Å². The van der Waals surface area contributed by atoms with E-state index in [4.69, 9.17) is 18.9 Å². The highest BCUT2D eigenvalue weighted by atomic mass is 16.5. The van der Waals surface area contributed by atoms with E-state index < -0.39 is 0 Å². The molecule has 0 bridgehead atoms. The maximum Gasteiger partial charge on any atom is 0.171 e. The maximum atomic E-state index is 11.1. The Morgan fingerprint density at radius 3 is 2.22 bits per heavy atom. The highest BCUT2D eigenvalue weighted by molar-refractivity contribution is 5.81. The van der Waals surface area contributed by atoms with Gasteiger partial charge in [-0.15, -0.1) is 0 Å². The number of carbonyl (C=O) groups excluding carboxylic acids is 1. The molecule has 5 nitrogen and oxygen atoms in total. The maximum absolute atomic E-state index is 11.1. The lowest BCUT2D eigenvalue weighted by Crippen LogP contribution is -2.07. The summed E-state index contributed by atoms with van der Waals surface area (Å²) < 4.78 is 21.6. The first-order valence-electron chi connectivity index (χ1n) is 7.30. The molecule has 0 aliphatic heterocycles. The molecule has 0 saturated heterocycles. The van der Waals surface area contributed by atoms with Crippen LogP contribution in [0, 0.1) is 0 Å². The predicted octanol–water partition coefficient (Wildman–Crippen LogP) is 3.36. The normalized spacial score (nSPS) is 10.0. The van der Waals surface area contributed by atoms with Crippen molar-refractivity contribution in [3.05, 3.63) is 48.0 Å². The van der Waals surface area contributed by atoms with E-state index in [0.717, 1.165) is 17.8 Å².